The van der Waals surface area contributed by atoms with Crippen molar-refractivity contribution in [3.8, 4) is 0 Å². The van der Waals surface area contributed by atoms with Gasteiger partial charge in [0.2, 0.25) is 0 Å². The van der Waals surface area contributed by atoms with Gasteiger partial charge >= 0.3 is 0 Å². The molecule has 0 aliphatic carbocycles. The second kappa shape index (κ2) is 4.57. The minimum absolute atomic E-state index is 0.192. The maximum atomic E-state index is 12.1. The van der Waals surface area contributed by atoms with Crippen molar-refractivity contribution < 1.29 is 4.39 Å². The fourth-order valence-corrected chi connectivity index (χ4v) is 0.425. The quantitative estimate of drug-likeness (QED) is 0.527. The molecule has 9 heavy (non-hydrogen) atoms. The van der Waals surface area contributed by atoms with Crippen LogP contribution in [0.4, 0.5) is 4.39 Å². The van der Waals surface area contributed by atoms with E-state index in [0.29, 0.717) is 0 Å². The van der Waals surface area contributed by atoms with Crippen molar-refractivity contribution in [2.45, 2.75) is 20.3 Å². The first kappa shape index (κ1) is 8.70. The Kier molecular flexibility index (Phi) is 4.41. The molecular weight excluding hydrogens is 139 g/mol. The molecule has 2 heteroatoms. The third-order valence-corrected chi connectivity index (χ3v) is 1.22. The van der Waals surface area contributed by atoms with Gasteiger partial charge in [0, 0.05) is 0 Å². The summed E-state index contributed by atoms with van der Waals surface area (Å²) < 4.78 is 12.1. The van der Waals surface area contributed by atoms with E-state index in [4.69, 9.17) is 11.6 Å². The van der Waals surface area contributed by atoms with Crippen LogP contribution in [-0.2, 0) is 0 Å². The van der Waals surface area contributed by atoms with Gasteiger partial charge in [-0.1, -0.05) is 24.6 Å². The molecule has 0 aromatic heterocycles. The lowest BCUT2D eigenvalue weighted by atomic mass is 10.4. The first-order valence-electron chi connectivity index (χ1n) is 2.87. The number of hydrogen-bond donors (Lipinski definition) is 0. The topological polar surface area (TPSA) is 0 Å². The van der Waals surface area contributed by atoms with Gasteiger partial charge in [0.1, 0.15) is 5.83 Å². The summed E-state index contributed by atoms with van der Waals surface area (Å²) in [5.41, 5.74) is 0. The van der Waals surface area contributed by atoms with Crippen molar-refractivity contribution in [1.29, 1.82) is 0 Å². The molecule has 0 saturated heterocycles. The number of hydrogen-bond acceptors (Lipinski definition) is 0. The highest BCUT2D eigenvalue weighted by molar-refractivity contribution is 6.31. The predicted octanol–water partition coefficient (Wildman–Crippen LogP) is 3.39. The molecule has 0 saturated carbocycles. The minimum Gasteiger partial charge on any atom is -0.211 e. The number of allylic oxidation sites excluding steroid dienone is 4. The lowest BCUT2D eigenvalue weighted by Gasteiger charge is -1.86. The first-order valence-corrected chi connectivity index (χ1v) is 3.24. The Hall–Kier alpha value is -0.300. The van der Waals surface area contributed by atoms with Crippen LogP contribution in [0.2, 0.25) is 0 Å². The Bertz CT molecular complexity index is 132. The first-order chi connectivity index (χ1) is 4.18. The Morgan fingerprint density at radius 1 is 1.67 bits per heavy atom. The van der Waals surface area contributed by atoms with Crippen LogP contribution in [0.5, 0.6) is 0 Å². The standard InChI is InChI=1S/C7H10ClF/c1-3-4-5-7(8)6(2)9/h4-5H,3H2,1-2H3/b5-4-,7-6-. The molecule has 0 aliphatic heterocycles. The lowest BCUT2D eigenvalue weighted by molar-refractivity contribution is 0.638. The van der Waals surface area contributed by atoms with E-state index in [1.165, 1.54) is 6.92 Å². The molecule has 0 rings (SSSR count). The SMILES string of the molecule is CC/C=C\C(Cl)=C(/C)F. The molecule has 0 radical (unpaired) electrons. The van der Waals surface area contributed by atoms with E-state index in [2.05, 4.69) is 0 Å². The Balaban J connectivity index is 3.91. The second-order valence-corrected chi connectivity index (χ2v) is 2.10. The fourth-order valence-electron chi connectivity index (χ4n) is 0.336. The highest BCUT2D eigenvalue weighted by Crippen LogP contribution is 2.11. The van der Waals surface area contributed by atoms with Crippen LogP contribution in [-0.4, -0.2) is 0 Å². The van der Waals surface area contributed by atoms with E-state index in [9.17, 15) is 4.39 Å². The summed E-state index contributed by atoms with van der Waals surface area (Å²) in [6.45, 7) is 3.30. The summed E-state index contributed by atoms with van der Waals surface area (Å²) in [6, 6.07) is 0. The Labute approximate surface area is 60.0 Å². The van der Waals surface area contributed by atoms with E-state index in [-0.39, 0.29) is 10.9 Å². The van der Waals surface area contributed by atoms with Crippen molar-refractivity contribution >= 4 is 11.6 Å². The number of rotatable bonds is 2. The molecule has 0 nitrogen and oxygen atoms in total. The molecular formula is C7H10ClF. The van der Waals surface area contributed by atoms with Gasteiger partial charge in [0.05, 0.1) is 5.03 Å². The normalized spacial score (nSPS) is 14.2. The maximum Gasteiger partial charge on any atom is 0.115 e. The second-order valence-electron chi connectivity index (χ2n) is 1.69. The van der Waals surface area contributed by atoms with Crippen molar-refractivity contribution in [1.82, 2.24) is 0 Å². The van der Waals surface area contributed by atoms with E-state index in [0.717, 1.165) is 6.42 Å². The maximum absolute atomic E-state index is 12.1. The smallest absolute Gasteiger partial charge is 0.115 e. The van der Waals surface area contributed by atoms with Crippen LogP contribution in [0.1, 0.15) is 20.3 Å². The predicted molar refractivity (Wildman–Crippen MR) is 39.1 cm³/mol. The number of halogens is 2. The summed E-state index contributed by atoms with van der Waals surface area (Å²) in [5.74, 6) is -0.332. The average Bonchev–Trinajstić information content (AvgIpc) is 1.82. The zero-order valence-electron chi connectivity index (χ0n) is 5.62. The van der Waals surface area contributed by atoms with Crippen LogP contribution >= 0.6 is 11.6 Å². The molecule has 0 aromatic rings. The van der Waals surface area contributed by atoms with Crippen LogP contribution in [0.15, 0.2) is 23.0 Å². The van der Waals surface area contributed by atoms with Gasteiger partial charge in [-0.05, 0) is 19.4 Å². The zero-order valence-corrected chi connectivity index (χ0v) is 6.37. The van der Waals surface area contributed by atoms with E-state index in [1.54, 1.807) is 6.08 Å². The van der Waals surface area contributed by atoms with Gasteiger partial charge < -0.3 is 0 Å². The molecule has 0 N–H and O–H groups in total. The highest BCUT2D eigenvalue weighted by atomic mass is 35.5. The molecule has 0 aliphatic rings. The van der Waals surface area contributed by atoms with Gasteiger partial charge in [0.25, 0.3) is 0 Å². The van der Waals surface area contributed by atoms with E-state index < -0.39 is 0 Å². The summed E-state index contributed by atoms with van der Waals surface area (Å²) in [4.78, 5) is 0. The third kappa shape index (κ3) is 4.22. The molecule has 0 fully saturated rings. The summed E-state index contributed by atoms with van der Waals surface area (Å²) in [5, 5.41) is 0.192. The van der Waals surface area contributed by atoms with Crippen molar-refractivity contribution in [2.24, 2.45) is 0 Å². The molecule has 0 amide bonds. The van der Waals surface area contributed by atoms with Crippen LogP contribution in [0.25, 0.3) is 0 Å². The van der Waals surface area contributed by atoms with E-state index in [1.807, 2.05) is 13.0 Å². The summed E-state index contributed by atoms with van der Waals surface area (Å²) in [7, 11) is 0. The van der Waals surface area contributed by atoms with Crippen LogP contribution in [0, 0.1) is 0 Å². The molecule has 0 atom stereocenters. The third-order valence-electron chi connectivity index (χ3n) is 0.829. The van der Waals surface area contributed by atoms with Crippen molar-refractivity contribution in [3.63, 3.8) is 0 Å². The van der Waals surface area contributed by atoms with Gasteiger partial charge in [-0.25, -0.2) is 4.39 Å². The van der Waals surface area contributed by atoms with Gasteiger partial charge in [-0.2, -0.15) is 0 Å². The Morgan fingerprint density at radius 3 is 2.56 bits per heavy atom. The monoisotopic (exact) mass is 148 g/mol. The van der Waals surface area contributed by atoms with Gasteiger partial charge in [-0.15, -0.1) is 0 Å². The van der Waals surface area contributed by atoms with Crippen LogP contribution in [0.3, 0.4) is 0 Å². The molecule has 52 valence electrons. The zero-order chi connectivity index (χ0) is 7.28. The molecule has 0 spiro atoms. The summed E-state index contributed by atoms with van der Waals surface area (Å²) in [6.07, 6.45) is 4.26. The van der Waals surface area contributed by atoms with Gasteiger partial charge in [0.15, 0.2) is 0 Å². The largest absolute Gasteiger partial charge is 0.211 e. The van der Waals surface area contributed by atoms with Crippen molar-refractivity contribution in [3.05, 3.63) is 23.0 Å². The van der Waals surface area contributed by atoms with Crippen molar-refractivity contribution in [2.75, 3.05) is 0 Å². The highest BCUT2D eigenvalue weighted by Gasteiger charge is 1.89. The minimum atomic E-state index is -0.332. The molecule has 0 heterocycles. The van der Waals surface area contributed by atoms with Crippen LogP contribution < -0.4 is 0 Å². The fraction of sp³-hybridized carbons (Fsp3) is 0.429. The molecule has 0 bridgehead atoms. The van der Waals surface area contributed by atoms with E-state index >= 15 is 0 Å². The average molecular weight is 149 g/mol. The van der Waals surface area contributed by atoms with Gasteiger partial charge in [-0.3, -0.25) is 0 Å². The Morgan fingerprint density at radius 2 is 2.22 bits per heavy atom. The summed E-state index contributed by atoms with van der Waals surface area (Å²) >= 11 is 5.41. The lowest BCUT2D eigenvalue weighted by Crippen LogP contribution is -1.66. The molecule has 0 aromatic carbocycles. The molecule has 0 unspecified atom stereocenters.